The van der Waals surface area contributed by atoms with E-state index in [0.717, 1.165) is 6.42 Å². The molecule has 0 aliphatic carbocycles. The van der Waals surface area contributed by atoms with Gasteiger partial charge in [-0.05, 0) is 35.6 Å². The van der Waals surface area contributed by atoms with E-state index in [-0.39, 0.29) is 5.54 Å². The van der Waals surface area contributed by atoms with E-state index in [9.17, 15) is 9.59 Å². The summed E-state index contributed by atoms with van der Waals surface area (Å²) in [6.45, 7) is 2.31. The topological polar surface area (TPSA) is 86.6 Å². The van der Waals surface area contributed by atoms with Gasteiger partial charge in [0, 0.05) is 18.2 Å². The zero-order valence-electron chi connectivity index (χ0n) is 13.8. The van der Waals surface area contributed by atoms with Crippen LogP contribution in [-0.2, 0) is 21.5 Å². The Kier molecular flexibility index (Phi) is 4.42. The Morgan fingerprint density at radius 1 is 1.00 bits per heavy atom. The van der Waals surface area contributed by atoms with Crippen LogP contribution in [0.15, 0.2) is 60.7 Å². The van der Waals surface area contributed by atoms with Crippen molar-refractivity contribution in [2.45, 2.75) is 24.9 Å². The Morgan fingerprint density at radius 3 is 2.20 bits per heavy atom. The highest BCUT2D eigenvalue weighted by Gasteiger charge is 2.45. The maximum Gasteiger partial charge on any atom is 0.328 e. The van der Waals surface area contributed by atoms with Crippen LogP contribution in [0.3, 0.4) is 0 Å². The zero-order valence-corrected chi connectivity index (χ0v) is 13.8. The van der Waals surface area contributed by atoms with E-state index in [1.807, 2.05) is 0 Å². The van der Waals surface area contributed by atoms with E-state index in [2.05, 4.69) is 60.8 Å². The Hall–Kier alpha value is -2.92. The number of benzene rings is 2. The van der Waals surface area contributed by atoms with Crippen molar-refractivity contribution in [3.63, 3.8) is 0 Å². The minimum absolute atomic E-state index is 0.0100. The summed E-state index contributed by atoms with van der Waals surface area (Å²) in [6, 6.07) is 18.2. The molecular weight excluding hydrogens is 318 g/mol. The highest BCUT2D eigenvalue weighted by Crippen LogP contribution is 2.47. The maximum atomic E-state index is 9.55. The zero-order chi connectivity index (χ0) is 18.0. The largest absolute Gasteiger partial charge is 0.478 e. The van der Waals surface area contributed by atoms with Crippen LogP contribution in [0.2, 0.25) is 0 Å². The van der Waals surface area contributed by atoms with Crippen molar-refractivity contribution in [3.05, 3.63) is 82.9 Å². The van der Waals surface area contributed by atoms with Gasteiger partial charge in [-0.3, -0.25) is 5.32 Å². The van der Waals surface area contributed by atoms with Crippen LogP contribution in [0.5, 0.6) is 0 Å². The molecule has 0 fully saturated rings. The van der Waals surface area contributed by atoms with Crippen molar-refractivity contribution in [1.82, 2.24) is 5.32 Å². The quantitative estimate of drug-likeness (QED) is 0.734. The molecule has 2 bridgehead atoms. The molecule has 0 spiro atoms. The third kappa shape index (κ3) is 3.19. The van der Waals surface area contributed by atoms with Gasteiger partial charge in [-0.2, -0.15) is 0 Å². The van der Waals surface area contributed by atoms with Gasteiger partial charge >= 0.3 is 11.9 Å². The second kappa shape index (κ2) is 6.53. The van der Waals surface area contributed by atoms with Gasteiger partial charge in [0.1, 0.15) is 0 Å². The van der Waals surface area contributed by atoms with Crippen molar-refractivity contribution in [3.8, 4) is 0 Å². The molecule has 5 nitrogen and oxygen atoms in total. The lowest BCUT2D eigenvalue weighted by Crippen LogP contribution is -2.41. The molecule has 2 aliphatic heterocycles. The average molecular weight is 337 g/mol. The molecule has 2 aromatic rings. The maximum absolute atomic E-state index is 9.55. The van der Waals surface area contributed by atoms with Crippen molar-refractivity contribution < 1.29 is 19.8 Å². The predicted molar refractivity (Wildman–Crippen MR) is 93.3 cm³/mol. The number of nitrogens with one attached hydrogen (secondary N) is 1. The normalized spacial score (nSPS) is 22.5. The van der Waals surface area contributed by atoms with Crippen LogP contribution in [0.25, 0.3) is 0 Å². The van der Waals surface area contributed by atoms with Gasteiger partial charge < -0.3 is 10.2 Å². The summed E-state index contributed by atoms with van der Waals surface area (Å²) < 4.78 is 0. The molecule has 5 heteroatoms. The van der Waals surface area contributed by atoms with Crippen LogP contribution in [0.4, 0.5) is 0 Å². The predicted octanol–water partition coefficient (Wildman–Crippen LogP) is 2.86. The van der Waals surface area contributed by atoms with Gasteiger partial charge in [-0.15, -0.1) is 0 Å². The summed E-state index contributed by atoms with van der Waals surface area (Å²) >= 11 is 0. The van der Waals surface area contributed by atoms with Crippen LogP contribution >= 0.6 is 0 Å². The molecule has 2 aliphatic rings. The van der Waals surface area contributed by atoms with Gasteiger partial charge in [-0.25, -0.2) is 9.59 Å². The average Bonchev–Trinajstić information content (AvgIpc) is 2.83. The summed E-state index contributed by atoms with van der Waals surface area (Å²) in [5.74, 6) is -2.51. The molecule has 0 aromatic heterocycles. The smallest absolute Gasteiger partial charge is 0.328 e. The lowest BCUT2D eigenvalue weighted by Gasteiger charge is -2.34. The van der Waals surface area contributed by atoms with Crippen molar-refractivity contribution in [1.29, 1.82) is 0 Å². The van der Waals surface area contributed by atoms with E-state index in [1.165, 1.54) is 22.3 Å². The molecule has 4 rings (SSSR count). The second-order valence-electron chi connectivity index (χ2n) is 6.28. The molecule has 2 aromatic carbocycles. The van der Waals surface area contributed by atoms with E-state index in [1.54, 1.807) is 0 Å². The first-order valence-electron chi connectivity index (χ1n) is 8.01. The Labute approximate surface area is 145 Å². The number of carbonyl (C=O) groups is 2. The first-order chi connectivity index (χ1) is 11.9. The highest BCUT2D eigenvalue weighted by atomic mass is 16.4. The van der Waals surface area contributed by atoms with Crippen molar-refractivity contribution in [2.75, 3.05) is 0 Å². The molecule has 0 saturated carbocycles. The van der Waals surface area contributed by atoms with Crippen molar-refractivity contribution >= 4 is 11.9 Å². The minimum Gasteiger partial charge on any atom is -0.478 e. The fraction of sp³-hybridized carbons (Fsp3) is 0.200. The van der Waals surface area contributed by atoms with E-state index in [0.29, 0.717) is 18.2 Å². The van der Waals surface area contributed by atoms with Crippen molar-refractivity contribution in [2.24, 2.45) is 0 Å². The molecule has 0 radical (unpaired) electrons. The highest BCUT2D eigenvalue weighted by molar-refractivity contribution is 5.89. The SMILES string of the molecule is C[C@@]12N[C@@H](Cc3ccccc31)c1ccccc12.O=C(O)/C=C/C(=O)O. The van der Waals surface area contributed by atoms with Crippen LogP contribution in [0.1, 0.15) is 35.2 Å². The summed E-state index contributed by atoms with van der Waals surface area (Å²) in [5.41, 5.74) is 5.88. The summed E-state index contributed by atoms with van der Waals surface area (Å²) in [4.78, 5) is 19.1. The molecule has 25 heavy (non-hydrogen) atoms. The Morgan fingerprint density at radius 2 is 1.56 bits per heavy atom. The number of hydrogen-bond donors (Lipinski definition) is 3. The summed E-state index contributed by atoms with van der Waals surface area (Å²) in [6.07, 6.45) is 2.23. The number of carboxylic acid groups (broad SMARTS) is 2. The van der Waals surface area contributed by atoms with Gasteiger partial charge in [-0.1, -0.05) is 48.5 Å². The number of hydrogen-bond acceptors (Lipinski definition) is 3. The van der Waals surface area contributed by atoms with E-state index < -0.39 is 11.9 Å². The van der Waals surface area contributed by atoms with Gasteiger partial charge in [0.05, 0.1) is 5.54 Å². The second-order valence-corrected chi connectivity index (χ2v) is 6.28. The Bertz CT molecular complexity index is 829. The molecular formula is C20H19NO4. The lowest BCUT2D eigenvalue weighted by atomic mass is 9.82. The molecule has 0 unspecified atom stereocenters. The van der Waals surface area contributed by atoms with E-state index in [4.69, 9.17) is 10.2 Å². The van der Waals surface area contributed by atoms with Gasteiger partial charge in [0.15, 0.2) is 0 Å². The summed E-state index contributed by atoms with van der Waals surface area (Å²) in [5, 5.41) is 19.4. The Balaban J connectivity index is 0.000000197. The lowest BCUT2D eigenvalue weighted by molar-refractivity contribution is -0.134. The summed E-state index contributed by atoms with van der Waals surface area (Å²) in [7, 11) is 0. The van der Waals surface area contributed by atoms with E-state index >= 15 is 0 Å². The van der Waals surface area contributed by atoms with Gasteiger partial charge in [0.25, 0.3) is 0 Å². The number of aliphatic carboxylic acids is 2. The standard InChI is InChI=1S/C16H15N.C4H4O4/c1-16-13-8-4-2-6-11(13)10-15(17-16)12-7-3-5-9-14(12)16;5-3(6)1-2-4(7)8/h2-9,15,17H,10H2,1H3;1-2H,(H,5,6)(H,7,8)/b;2-1+/t15-,16+;/m0./s1. The van der Waals surface area contributed by atoms with Crippen LogP contribution in [0, 0.1) is 0 Å². The molecule has 3 N–H and O–H groups in total. The molecule has 128 valence electrons. The number of carboxylic acids is 2. The third-order valence-corrected chi connectivity index (χ3v) is 4.69. The van der Waals surface area contributed by atoms with Crippen LogP contribution in [-0.4, -0.2) is 22.2 Å². The molecule has 2 atom stereocenters. The number of fused-ring (bicyclic) bond motifs is 7. The fourth-order valence-corrected chi connectivity index (χ4v) is 3.69. The molecule has 0 saturated heterocycles. The van der Waals surface area contributed by atoms with Crippen LogP contribution < -0.4 is 5.32 Å². The fourth-order valence-electron chi connectivity index (χ4n) is 3.69. The minimum atomic E-state index is -1.26. The first-order valence-corrected chi connectivity index (χ1v) is 8.01. The molecule has 2 heterocycles. The molecule has 0 amide bonds. The third-order valence-electron chi connectivity index (χ3n) is 4.69. The first kappa shape index (κ1) is 16.9. The monoisotopic (exact) mass is 337 g/mol. The van der Waals surface area contributed by atoms with Gasteiger partial charge in [0.2, 0.25) is 0 Å². The number of rotatable bonds is 2.